The number of thiol groups is 1. The Labute approximate surface area is 195 Å². The molecule has 3 atom stereocenters. The molecule has 2 aromatic carbocycles. The lowest BCUT2D eigenvalue weighted by atomic mass is 9.74. The minimum atomic E-state index is -1.23. The van der Waals surface area contributed by atoms with Gasteiger partial charge in [-0.05, 0) is 42.7 Å². The van der Waals surface area contributed by atoms with E-state index in [4.69, 9.17) is 17.6 Å². The van der Waals surface area contributed by atoms with Gasteiger partial charge in [-0.3, -0.25) is 5.41 Å². The fraction of sp³-hybridized carbons (Fsp3) is 0.375. The van der Waals surface area contributed by atoms with E-state index in [2.05, 4.69) is 31.9 Å². The summed E-state index contributed by atoms with van der Waals surface area (Å²) in [5.74, 6) is 0.532. The molecule has 31 heavy (non-hydrogen) atoms. The maximum atomic E-state index is 10.7. The molecule has 0 amide bonds. The summed E-state index contributed by atoms with van der Waals surface area (Å²) >= 11 is 8.56. The van der Waals surface area contributed by atoms with E-state index in [0.717, 1.165) is 46.8 Å². The first kappa shape index (κ1) is 20.6. The van der Waals surface area contributed by atoms with Crippen molar-refractivity contribution in [1.82, 2.24) is 14.9 Å². The molecule has 3 unspecified atom stereocenters. The molecule has 3 aromatic rings. The van der Waals surface area contributed by atoms with Crippen LogP contribution >= 0.6 is 28.6 Å². The third kappa shape index (κ3) is 3.19. The van der Waals surface area contributed by atoms with Crippen molar-refractivity contribution < 1.29 is 0 Å². The van der Waals surface area contributed by atoms with Gasteiger partial charge in [-0.1, -0.05) is 59.5 Å². The van der Waals surface area contributed by atoms with Crippen molar-refractivity contribution in [2.45, 2.75) is 54.9 Å². The maximum Gasteiger partial charge on any atom is 0.181 e. The molecule has 0 bridgehead atoms. The second-order valence-electron chi connectivity index (χ2n) is 8.51. The Morgan fingerprint density at radius 1 is 1.13 bits per heavy atom. The van der Waals surface area contributed by atoms with Gasteiger partial charge in [0, 0.05) is 16.4 Å². The lowest BCUT2D eigenvalue weighted by Crippen LogP contribution is -2.44. The number of hydrogen-bond donors (Lipinski definition) is 3. The molecule has 158 valence electrons. The van der Waals surface area contributed by atoms with Crippen molar-refractivity contribution >= 4 is 45.4 Å². The Balaban J connectivity index is 1.70. The second-order valence-corrected chi connectivity index (χ2v) is 9.96. The molecule has 0 radical (unpaired) electrons. The van der Waals surface area contributed by atoms with Gasteiger partial charge in [0.1, 0.15) is 11.7 Å². The molecular formula is C24H24BrN5S. The molecule has 0 spiro atoms. The zero-order chi connectivity index (χ0) is 21.6. The van der Waals surface area contributed by atoms with Crippen LogP contribution in [0, 0.1) is 16.7 Å². The molecule has 1 aliphatic carbocycles. The average molecular weight is 494 g/mol. The largest absolute Gasteiger partial charge is 0.343 e. The number of imidazole rings is 1. The van der Waals surface area contributed by atoms with Crippen LogP contribution in [0.2, 0.25) is 0 Å². The molecule has 2 fully saturated rings. The quantitative estimate of drug-likeness (QED) is 0.406. The number of nitrogens with zero attached hydrogens (tertiary/aromatic N) is 3. The molecule has 1 saturated heterocycles. The van der Waals surface area contributed by atoms with Crippen LogP contribution in [0.3, 0.4) is 0 Å². The van der Waals surface area contributed by atoms with Crippen LogP contribution in [-0.4, -0.2) is 32.1 Å². The van der Waals surface area contributed by atoms with E-state index in [9.17, 15) is 10.7 Å². The van der Waals surface area contributed by atoms with E-state index in [1.165, 1.54) is 6.42 Å². The Bertz CT molecular complexity index is 1130. The highest BCUT2D eigenvalue weighted by Crippen LogP contribution is 2.52. The highest BCUT2D eigenvalue weighted by molar-refractivity contribution is 9.10. The number of hydrogen-bond acceptors (Lipinski definition) is 4. The first-order chi connectivity index (χ1) is 15.1. The maximum absolute atomic E-state index is 10.7. The van der Waals surface area contributed by atoms with E-state index < -0.39 is 5.41 Å². The summed E-state index contributed by atoms with van der Waals surface area (Å²) in [5, 5.41) is 19.7. The number of rotatable bonds is 3. The molecule has 2 N–H and O–H groups in total. The Morgan fingerprint density at radius 3 is 2.52 bits per heavy atom. The van der Waals surface area contributed by atoms with Gasteiger partial charge in [-0.25, -0.2) is 4.98 Å². The predicted molar refractivity (Wildman–Crippen MR) is 129 cm³/mol. The number of benzene rings is 2. The van der Waals surface area contributed by atoms with Gasteiger partial charge in [0.25, 0.3) is 0 Å². The zero-order valence-electron chi connectivity index (χ0n) is 17.1. The molecule has 7 heteroatoms. The first-order valence-electron chi connectivity index (χ1n) is 10.7. The smallest absolute Gasteiger partial charge is 0.181 e. The van der Waals surface area contributed by atoms with Gasteiger partial charge in [-0.15, -0.1) is 0 Å². The third-order valence-corrected chi connectivity index (χ3v) is 7.89. The number of fused-ring (bicyclic) bond motifs is 1. The molecule has 5 nitrogen and oxygen atoms in total. The lowest BCUT2D eigenvalue weighted by Gasteiger charge is -2.36. The number of para-hydroxylation sites is 2. The van der Waals surface area contributed by atoms with E-state index in [-0.39, 0.29) is 17.3 Å². The fourth-order valence-electron chi connectivity index (χ4n) is 5.29. The number of nitrogens with one attached hydrogen (secondary N) is 2. The number of aromatic amines is 1. The van der Waals surface area contributed by atoms with E-state index in [1.54, 1.807) is 0 Å². The summed E-state index contributed by atoms with van der Waals surface area (Å²) in [5.41, 5.74) is 1.45. The van der Waals surface area contributed by atoms with Crippen molar-refractivity contribution in [1.29, 1.82) is 10.7 Å². The molecule has 5 rings (SSSR count). The average Bonchev–Trinajstić information content (AvgIpc) is 3.32. The van der Waals surface area contributed by atoms with Crippen LogP contribution in [0.25, 0.3) is 11.0 Å². The highest BCUT2D eigenvalue weighted by atomic mass is 79.9. The summed E-state index contributed by atoms with van der Waals surface area (Å²) < 4.78 is 0.982. The number of H-pyrrole nitrogens is 1. The normalized spacial score (nSPS) is 27.0. The van der Waals surface area contributed by atoms with Gasteiger partial charge in [0.05, 0.1) is 22.5 Å². The lowest BCUT2D eigenvalue weighted by molar-refractivity contribution is 0.238. The summed E-state index contributed by atoms with van der Waals surface area (Å²) in [6.45, 7) is 0. The van der Waals surface area contributed by atoms with Crippen molar-refractivity contribution in [3.8, 4) is 6.07 Å². The number of likely N-dealkylation sites (tertiary alicyclic amines) is 1. The molecular weight excluding hydrogens is 470 g/mol. The summed E-state index contributed by atoms with van der Waals surface area (Å²) in [7, 11) is 0. The van der Waals surface area contributed by atoms with Crippen molar-refractivity contribution in [2.75, 3.05) is 0 Å². The van der Waals surface area contributed by atoms with Crippen LogP contribution < -0.4 is 0 Å². The Kier molecular flexibility index (Phi) is 5.31. The fourth-order valence-corrected chi connectivity index (χ4v) is 6.26. The van der Waals surface area contributed by atoms with Gasteiger partial charge in [0.15, 0.2) is 5.41 Å². The summed E-state index contributed by atoms with van der Waals surface area (Å²) in [4.78, 5) is 10.3. The molecule has 1 aromatic heterocycles. The van der Waals surface area contributed by atoms with Crippen molar-refractivity contribution in [2.24, 2.45) is 0 Å². The van der Waals surface area contributed by atoms with Gasteiger partial charge >= 0.3 is 0 Å². The van der Waals surface area contributed by atoms with Crippen LogP contribution in [0.5, 0.6) is 0 Å². The van der Waals surface area contributed by atoms with Crippen molar-refractivity contribution in [3.05, 3.63) is 64.4 Å². The van der Waals surface area contributed by atoms with Gasteiger partial charge in [0.2, 0.25) is 0 Å². The minimum Gasteiger partial charge on any atom is -0.343 e. The monoisotopic (exact) mass is 493 g/mol. The molecule has 2 aliphatic rings. The number of aromatic nitrogens is 2. The van der Waals surface area contributed by atoms with E-state index >= 15 is 0 Å². The number of amidine groups is 1. The topological polar surface area (TPSA) is 79.6 Å². The SMILES string of the molecule is N#CC1(c2nc3ccccc3[nH]2)C(=N)N(C2CCCCC2)C(S)C1c1ccc(Br)cc1. The van der Waals surface area contributed by atoms with Crippen LogP contribution in [-0.2, 0) is 5.41 Å². The van der Waals surface area contributed by atoms with Gasteiger partial charge < -0.3 is 9.88 Å². The highest BCUT2D eigenvalue weighted by Gasteiger charge is 2.61. The predicted octanol–water partition coefficient (Wildman–Crippen LogP) is 5.75. The summed E-state index contributed by atoms with van der Waals surface area (Å²) in [6.07, 6.45) is 5.62. The van der Waals surface area contributed by atoms with Crippen LogP contribution in [0.15, 0.2) is 53.0 Å². The van der Waals surface area contributed by atoms with E-state index in [0.29, 0.717) is 11.7 Å². The Hall–Kier alpha value is -2.30. The second kappa shape index (κ2) is 7.99. The molecule has 1 saturated carbocycles. The minimum absolute atomic E-state index is 0.237. The zero-order valence-corrected chi connectivity index (χ0v) is 19.5. The van der Waals surface area contributed by atoms with Crippen LogP contribution in [0.1, 0.15) is 49.4 Å². The molecule has 1 aliphatic heterocycles. The van der Waals surface area contributed by atoms with E-state index in [1.807, 2.05) is 48.5 Å². The third-order valence-electron chi connectivity index (χ3n) is 6.82. The van der Waals surface area contributed by atoms with Crippen LogP contribution in [0.4, 0.5) is 0 Å². The first-order valence-corrected chi connectivity index (χ1v) is 12.0. The summed E-state index contributed by atoms with van der Waals surface area (Å²) in [6, 6.07) is 18.6. The Morgan fingerprint density at radius 2 is 1.84 bits per heavy atom. The van der Waals surface area contributed by atoms with Crippen molar-refractivity contribution in [3.63, 3.8) is 0 Å². The standard InChI is InChI=1S/C24H24BrN5S/c25-16-12-10-15(11-13-16)20-21(31)30(17-6-2-1-3-7-17)22(27)24(20,14-26)23-28-18-8-4-5-9-19(18)29-23/h4-5,8-13,17,20-21,27,31H,1-3,6-7H2,(H,28,29). The molecule has 2 heterocycles. The number of nitriles is 1. The number of halogens is 1. The van der Waals surface area contributed by atoms with Gasteiger partial charge in [-0.2, -0.15) is 17.9 Å².